The van der Waals surface area contributed by atoms with Gasteiger partial charge in [-0.05, 0) is 29.3 Å². The highest BCUT2D eigenvalue weighted by Crippen LogP contribution is 2.18. The summed E-state index contributed by atoms with van der Waals surface area (Å²) in [6, 6.07) is 15.1. The molecule has 1 saturated heterocycles. The average molecular weight is 376 g/mol. The van der Waals surface area contributed by atoms with Crippen LogP contribution in [-0.4, -0.2) is 53.6 Å². The Bertz CT molecular complexity index is 950. The number of esters is 1. The summed E-state index contributed by atoms with van der Waals surface area (Å²) in [5.41, 5.74) is 1.72. The number of ether oxygens (including phenoxy) is 1. The van der Waals surface area contributed by atoms with Gasteiger partial charge in [0.15, 0.2) is 0 Å². The molecule has 6 heteroatoms. The lowest BCUT2D eigenvalue weighted by Gasteiger charge is -2.34. The Balaban J connectivity index is 1.34. The number of aromatic nitrogens is 2. The third-order valence-electron chi connectivity index (χ3n) is 5.02. The molecule has 1 fully saturated rings. The van der Waals surface area contributed by atoms with Crippen molar-refractivity contribution < 1.29 is 9.53 Å². The fraction of sp³-hybridized carbons (Fsp3) is 0.318. The summed E-state index contributed by atoms with van der Waals surface area (Å²) in [7, 11) is 0. The first-order valence-electron chi connectivity index (χ1n) is 9.67. The average Bonchev–Trinajstić information content (AvgIpc) is 2.74. The monoisotopic (exact) mass is 376 g/mol. The smallest absolute Gasteiger partial charge is 0.341 e. The van der Waals surface area contributed by atoms with Crippen LogP contribution < -0.4 is 4.90 Å². The molecule has 0 radical (unpaired) electrons. The second-order valence-electron chi connectivity index (χ2n) is 6.94. The van der Waals surface area contributed by atoms with Crippen LogP contribution in [0, 0.1) is 0 Å². The fourth-order valence-corrected chi connectivity index (χ4v) is 3.51. The predicted molar refractivity (Wildman–Crippen MR) is 109 cm³/mol. The Morgan fingerprint density at radius 3 is 2.43 bits per heavy atom. The second-order valence-corrected chi connectivity index (χ2v) is 6.94. The molecule has 3 aromatic rings. The first-order valence-corrected chi connectivity index (χ1v) is 9.67. The van der Waals surface area contributed by atoms with Gasteiger partial charge in [0.05, 0.1) is 12.2 Å². The number of carbonyl (C=O) groups excluding carboxylic acids is 1. The molecule has 0 N–H and O–H groups in total. The van der Waals surface area contributed by atoms with E-state index in [-0.39, 0.29) is 5.97 Å². The number of anilines is 1. The van der Waals surface area contributed by atoms with Gasteiger partial charge in [0.1, 0.15) is 0 Å². The minimum absolute atomic E-state index is 0.347. The van der Waals surface area contributed by atoms with Crippen molar-refractivity contribution in [3.8, 4) is 0 Å². The molecule has 144 valence electrons. The fourth-order valence-electron chi connectivity index (χ4n) is 3.51. The Labute approximate surface area is 164 Å². The number of benzene rings is 2. The van der Waals surface area contributed by atoms with Gasteiger partial charge in [0, 0.05) is 45.1 Å². The molecule has 1 aliphatic rings. The van der Waals surface area contributed by atoms with Crippen LogP contribution >= 0.6 is 0 Å². The van der Waals surface area contributed by atoms with Gasteiger partial charge in [-0.1, -0.05) is 36.4 Å². The highest BCUT2D eigenvalue weighted by molar-refractivity contribution is 5.88. The normalized spacial score (nSPS) is 15.0. The van der Waals surface area contributed by atoms with Crippen molar-refractivity contribution >= 4 is 22.7 Å². The summed E-state index contributed by atoms with van der Waals surface area (Å²) in [6.45, 7) is 6.72. The van der Waals surface area contributed by atoms with Gasteiger partial charge in [0.2, 0.25) is 5.95 Å². The van der Waals surface area contributed by atoms with Crippen molar-refractivity contribution in [3.63, 3.8) is 0 Å². The Kier molecular flexibility index (Phi) is 5.48. The van der Waals surface area contributed by atoms with E-state index in [0.717, 1.165) is 32.7 Å². The number of fused-ring (bicyclic) bond motifs is 1. The Morgan fingerprint density at radius 2 is 1.71 bits per heavy atom. The van der Waals surface area contributed by atoms with Gasteiger partial charge in [-0.25, -0.2) is 14.8 Å². The van der Waals surface area contributed by atoms with E-state index in [9.17, 15) is 4.79 Å². The third-order valence-corrected chi connectivity index (χ3v) is 5.02. The van der Waals surface area contributed by atoms with E-state index in [4.69, 9.17) is 4.74 Å². The largest absolute Gasteiger partial charge is 0.462 e. The van der Waals surface area contributed by atoms with E-state index in [1.54, 1.807) is 19.3 Å². The minimum atomic E-state index is -0.380. The van der Waals surface area contributed by atoms with Crippen molar-refractivity contribution in [2.75, 3.05) is 37.7 Å². The lowest BCUT2D eigenvalue weighted by atomic mass is 10.1. The lowest BCUT2D eigenvalue weighted by Crippen LogP contribution is -2.46. The molecule has 28 heavy (non-hydrogen) atoms. The second kappa shape index (κ2) is 8.35. The maximum absolute atomic E-state index is 11.7. The summed E-state index contributed by atoms with van der Waals surface area (Å²) in [5.74, 6) is 0.285. The van der Waals surface area contributed by atoms with Crippen LogP contribution in [0.5, 0.6) is 0 Å². The Hall–Kier alpha value is -2.99. The molecular formula is C22H24N4O2. The van der Waals surface area contributed by atoms with E-state index in [1.807, 2.05) is 0 Å². The number of hydrogen-bond donors (Lipinski definition) is 0. The lowest BCUT2D eigenvalue weighted by molar-refractivity contribution is 0.0525. The SMILES string of the molecule is CCOC(=O)c1cnc(N2CCN(Cc3ccc4ccccc4c3)CC2)nc1. The summed E-state index contributed by atoms with van der Waals surface area (Å²) < 4.78 is 4.97. The van der Waals surface area contributed by atoms with E-state index < -0.39 is 0 Å². The van der Waals surface area contributed by atoms with Crippen LogP contribution in [0.1, 0.15) is 22.8 Å². The maximum atomic E-state index is 11.7. The first-order chi connectivity index (χ1) is 13.7. The molecular weight excluding hydrogens is 352 g/mol. The van der Waals surface area contributed by atoms with E-state index >= 15 is 0 Å². The van der Waals surface area contributed by atoms with Gasteiger partial charge in [-0.2, -0.15) is 0 Å². The first kappa shape index (κ1) is 18.4. The molecule has 0 spiro atoms. The van der Waals surface area contributed by atoms with Gasteiger partial charge in [-0.15, -0.1) is 0 Å². The van der Waals surface area contributed by atoms with Crippen LogP contribution in [0.25, 0.3) is 10.8 Å². The van der Waals surface area contributed by atoms with Gasteiger partial charge in [-0.3, -0.25) is 4.90 Å². The molecule has 0 atom stereocenters. The van der Waals surface area contributed by atoms with Crippen LogP contribution in [0.2, 0.25) is 0 Å². The zero-order chi connectivity index (χ0) is 19.3. The van der Waals surface area contributed by atoms with Crippen LogP contribution in [0.15, 0.2) is 54.9 Å². The molecule has 1 aromatic heterocycles. The van der Waals surface area contributed by atoms with Crippen molar-refractivity contribution in [1.29, 1.82) is 0 Å². The van der Waals surface area contributed by atoms with Gasteiger partial charge < -0.3 is 9.64 Å². The Morgan fingerprint density at radius 1 is 1.00 bits per heavy atom. The van der Waals surface area contributed by atoms with E-state index in [0.29, 0.717) is 18.1 Å². The summed E-state index contributed by atoms with van der Waals surface area (Å²) >= 11 is 0. The van der Waals surface area contributed by atoms with Gasteiger partial charge >= 0.3 is 5.97 Å². The number of hydrogen-bond acceptors (Lipinski definition) is 6. The highest BCUT2D eigenvalue weighted by atomic mass is 16.5. The molecule has 0 aliphatic carbocycles. The standard InChI is InChI=1S/C22H24N4O2/c1-2-28-21(27)20-14-23-22(24-15-20)26-11-9-25(10-12-26)16-17-7-8-18-5-3-4-6-19(18)13-17/h3-8,13-15H,2,9-12,16H2,1H3. The third kappa shape index (κ3) is 4.12. The number of carbonyl (C=O) groups is 1. The molecule has 2 heterocycles. The predicted octanol–water partition coefficient (Wildman–Crippen LogP) is 3.13. The molecule has 2 aromatic carbocycles. The molecule has 1 aliphatic heterocycles. The summed E-state index contributed by atoms with van der Waals surface area (Å²) in [6.07, 6.45) is 3.09. The maximum Gasteiger partial charge on any atom is 0.341 e. The summed E-state index contributed by atoms with van der Waals surface area (Å²) in [4.78, 5) is 25.0. The van der Waals surface area contributed by atoms with Crippen molar-refractivity contribution in [1.82, 2.24) is 14.9 Å². The number of rotatable bonds is 5. The zero-order valence-electron chi connectivity index (χ0n) is 16.0. The highest BCUT2D eigenvalue weighted by Gasteiger charge is 2.19. The number of piperazine rings is 1. The van der Waals surface area contributed by atoms with Crippen molar-refractivity contribution in [2.24, 2.45) is 0 Å². The van der Waals surface area contributed by atoms with Crippen LogP contribution in [0.3, 0.4) is 0 Å². The zero-order valence-corrected chi connectivity index (χ0v) is 16.0. The van der Waals surface area contributed by atoms with Crippen molar-refractivity contribution in [2.45, 2.75) is 13.5 Å². The van der Waals surface area contributed by atoms with Crippen molar-refractivity contribution in [3.05, 3.63) is 66.0 Å². The molecule has 4 rings (SSSR count). The topological polar surface area (TPSA) is 58.6 Å². The molecule has 0 bridgehead atoms. The minimum Gasteiger partial charge on any atom is -0.462 e. The van der Waals surface area contributed by atoms with E-state index in [2.05, 4.69) is 62.2 Å². The molecule has 0 unspecified atom stereocenters. The number of nitrogens with zero attached hydrogens (tertiary/aromatic N) is 4. The molecule has 0 saturated carbocycles. The van der Waals surface area contributed by atoms with Gasteiger partial charge in [0.25, 0.3) is 0 Å². The quantitative estimate of drug-likeness (QED) is 0.638. The van der Waals surface area contributed by atoms with Crippen LogP contribution in [0.4, 0.5) is 5.95 Å². The molecule has 0 amide bonds. The summed E-state index contributed by atoms with van der Waals surface area (Å²) in [5, 5.41) is 2.56. The molecule has 6 nitrogen and oxygen atoms in total. The van der Waals surface area contributed by atoms with Crippen LogP contribution in [-0.2, 0) is 11.3 Å². The van der Waals surface area contributed by atoms with E-state index in [1.165, 1.54) is 16.3 Å².